The van der Waals surface area contributed by atoms with Gasteiger partial charge in [-0.2, -0.15) is 0 Å². The van der Waals surface area contributed by atoms with Gasteiger partial charge in [0.15, 0.2) is 0 Å². The molecular formula is C18H24N2O2. The summed E-state index contributed by atoms with van der Waals surface area (Å²) in [6.45, 7) is 4.14. The fraction of sp³-hybridized carbons (Fsp3) is 0.500. The summed E-state index contributed by atoms with van der Waals surface area (Å²) >= 11 is 0. The molecule has 1 heterocycles. The first-order valence-electron chi connectivity index (χ1n) is 8.04. The van der Waals surface area contributed by atoms with E-state index in [9.17, 15) is 9.90 Å². The van der Waals surface area contributed by atoms with Crippen molar-refractivity contribution in [1.82, 2.24) is 9.88 Å². The number of aliphatic hydroxyl groups excluding tert-OH is 1. The van der Waals surface area contributed by atoms with E-state index in [0.717, 1.165) is 30.2 Å². The monoisotopic (exact) mass is 300 g/mol. The van der Waals surface area contributed by atoms with Gasteiger partial charge in [-0.25, -0.2) is 0 Å². The van der Waals surface area contributed by atoms with Crippen LogP contribution >= 0.6 is 0 Å². The summed E-state index contributed by atoms with van der Waals surface area (Å²) in [7, 11) is 1.93. The Kier molecular flexibility index (Phi) is 3.96. The molecule has 4 nitrogen and oxygen atoms in total. The van der Waals surface area contributed by atoms with Gasteiger partial charge in [0.25, 0.3) is 5.91 Å². The Labute approximate surface area is 131 Å². The van der Waals surface area contributed by atoms with Crippen molar-refractivity contribution >= 4 is 16.8 Å². The second kappa shape index (κ2) is 5.76. The van der Waals surface area contributed by atoms with Gasteiger partial charge in [-0.15, -0.1) is 0 Å². The summed E-state index contributed by atoms with van der Waals surface area (Å²) in [6, 6.07) is 8.33. The predicted molar refractivity (Wildman–Crippen MR) is 87.9 cm³/mol. The normalized spacial score (nSPS) is 22.4. The van der Waals surface area contributed by atoms with E-state index in [-0.39, 0.29) is 18.1 Å². The molecule has 3 rings (SSSR count). The molecule has 1 aliphatic rings. The van der Waals surface area contributed by atoms with Gasteiger partial charge in [0.2, 0.25) is 0 Å². The number of aromatic nitrogens is 1. The van der Waals surface area contributed by atoms with Crippen LogP contribution in [0.3, 0.4) is 0 Å². The van der Waals surface area contributed by atoms with Gasteiger partial charge in [-0.1, -0.05) is 18.6 Å². The highest BCUT2D eigenvalue weighted by atomic mass is 16.3. The number of rotatable bonds is 4. The van der Waals surface area contributed by atoms with Gasteiger partial charge in [-0.05, 0) is 50.3 Å². The Morgan fingerprint density at radius 1 is 1.41 bits per heavy atom. The number of nitrogens with zero attached hydrogens (tertiary/aromatic N) is 1. The van der Waals surface area contributed by atoms with Crippen molar-refractivity contribution in [3.63, 3.8) is 0 Å². The molecule has 118 valence electrons. The Morgan fingerprint density at radius 2 is 2.14 bits per heavy atom. The van der Waals surface area contributed by atoms with Gasteiger partial charge in [0.05, 0.1) is 6.10 Å². The average Bonchev–Trinajstić information content (AvgIpc) is 2.78. The third-order valence-electron chi connectivity index (χ3n) is 4.91. The van der Waals surface area contributed by atoms with Gasteiger partial charge >= 0.3 is 0 Å². The van der Waals surface area contributed by atoms with E-state index in [4.69, 9.17) is 0 Å². The topological polar surface area (TPSA) is 54.3 Å². The van der Waals surface area contributed by atoms with E-state index < -0.39 is 0 Å². The Morgan fingerprint density at radius 3 is 2.77 bits per heavy atom. The van der Waals surface area contributed by atoms with Crippen LogP contribution in [-0.2, 0) is 7.05 Å². The summed E-state index contributed by atoms with van der Waals surface area (Å²) in [4.78, 5) is 12.6. The maximum atomic E-state index is 12.6. The van der Waals surface area contributed by atoms with Crippen molar-refractivity contribution < 1.29 is 9.90 Å². The van der Waals surface area contributed by atoms with Gasteiger partial charge in [0, 0.05) is 24.0 Å². The summed E-state index contributed by atoms with van der Waals surface area (Å²) in [5.41, 5.74) is 2.96. The second-order valence-corrected chi connectivity index (χ2v) is 6.52. The number of hydrogen-bond acceptors (Lipinski definition) is 2. The number of aliphatic hydroxyl groups is 1. The van der Waals surface area contributed by atoms with E-state index in [1.807, 2.05) is 17.7 Å². The number of carbonyl (C=O) groups excluding carboxylic acids is 1. The van der Waals surface area contributed by atoms with Gasteiger partial charge < -0.3 is 15.0 Å². The van der Waals surface area contributed by atoms with Crippen LogP contribution in [0.2, 0.25) is 0 Å². The highest BCUT2D eigenvalue weighted by Gasteiger charge is 2.34. The lowest BCUT2D eigenvalue weighted by atomic mass is 9.76. The van der Waals surface area contributed by atoms with Crippen LogP contribution in [0.1, 0.15) is 42.2 Å². The number of amides is 1. The fourth-order valence-corrected chi connectivity index (χ4v) is 3.44. The lowest BCUT2D eigenvalue weighted by Crippen LogP contribution is -2.47. The molecule has 0 aliphatic heterocycles. The molecule has 1 fully saturated rings. The van der Waals surface area contributed by atoms with Crippen LogP contribution < -0.4 is 5.32 Å². The maximum Gasteiger partial charge on any atom is 0.268 e. The van der Waals surface area contributed by atoms with Crippen LogP contribution in [-0.4, -0.2) is 27.7 Å². The molecule has 2 aromatic rings. The molecule has 0 saturated heterocycles. The van der Waals surface area contributed by atoms with E-state index in [1.54, 1.807) is 0 Å². The lowest BCUT2D eigenvalue weighted by molar-refractivity contribution is 0.0232. The zero-order valence-corrected chi connectivity index (χ0v) is 13.5. The standard InChI is InChI=1S/C18H24N2O2/c1-4-15(12-8-14(21)9-12)19-18(22)17-10-13-7-11(2)5-6-16(13)20(17)3/h5-7,10,12,14-15,21H,4,8-9H2,1-3H3,(H,19,22)/t12?,14?,15-/m1/s1. The maximum absolute atomic E-state index is 12.6. The molecule has 0 unspecified atom stereocenters. The Balaban J connectivity index is 1.81. The minimum atomic E-state index is -0.184. The van der Waals surface area contributed by atoms with E-state index in [1.165, 1.54) is 5.56 Å². The van der Waals surface area contributed by atoms with Gasteiger partial charge in [-0.3, -0.25) is 4.79 Å². The minimum absolute atomic E-state index is 0.0235. The first-order chi connectivity index (χ1) is 10.5. The molecule has 0 bridgehead atoms. The summed E-state index contributed by atoms with van der Waals surface area (Å²) in [6.07, 6.45) is 2.31. The number of benzene rings is 1. The largest absolute Gasteiger partial charge is 0.393 e. The summed E-state index contributed by atoms with van der Waals surface area (Å²) in [5.74, 6) is 0.380. The summed E-state index contributed by atoms with van der Waals surface area (Å²) < 4.78 is 1.95. The molecule has 22 heavy (non-hydrogen) atoms. The fourth-order valence-electron chi connectivity index (χ4n) is 3.44. The number of carbonyl (C=O) groups is 1. The van der Waals surface area contributed by atoms with Crippen LogP contribution in [0.25, 0.3) is 10.9 Å². The van der Waals surface area contributed by atoms with Crippen molar-refractivity contribution in [3.05, 3.63) is 35.5 Å². The number of hydrogen-bond donors (Lipinski definition) is 2. The first kappa shape index (κ1) is 15.1. The SMILES string of the molecule is CC[C@@H](NC(=O)c1cc2cc(C)ccc2n1C)C1CC(O)C1. The average molecular weight is 300 g/mol. The molecular weight excluding hydrogens is 276 g/mol. The highest BCUT2D eigenvalue weighted by Crippen LogP contribution is 2.31. The molecule has 2 N–H and O–H groups in total. The van der Waals surface area contributed by atoms with Crippen LogP contribution in [0.4, 0.5) is 0 Å². The van der Waals surface area contributed by atoms with E-state index >= 15 is 0 Å². The quantitative estimate of drug-likeness (QED) is 0.912. The number of fused-ring (bicyclic) bond motifs is 1. The van der Waals surface area contributed by atoms with Crippen LogP contribution in [0.15, 0.2) is 24.3 Å². The Bertz CT molecular complexity index is 698. The third-order valence-corrected chi connectivity index (χ3v) is 4.91. The molecule has 1 aromatic heterocycles. The molecule has 1 aromatic carbocycles. The molecule has 0 spiro atoms. The second-order valence-electron chi connectivity index (χ2n) is 6.52. The predicted octanol–water partition coefficient (Wildman–Crippen LogP) is 2.77. The Hall–Kier alpha value is -1.81. The van der Waals surface area contributed by atoms with E-state index in [2.05, 4.69) is 37.4 Å². The molecule has 1 saturated carbocycles. The first-order valence-corrected chi connectivity index (χ1v) is 8.04. The molecule has 0 radical (unpaired) electrons. The third kappa shape index (κ3) is 2.63. The summed E-state index contributed by atoms with van der Waals surface area (Å²) in [5, 5.41) is 13.7. The van der Waals surface area contributed by atoms with Crippen LogP contribution in [0.5, 0.6) is 0 Å². The lowest BCUT2D eigenvalue weighted by Gasteiger charge is -2.37. The van der Waals surface area contributed by atoms with Gasteiger partial charge in [0.1, 0.15) is 5.69 Å². The van der Waals surface area contributed by atoms with Crippen molar-refractivity contribution in [2.24, 2.45) is 13.0 Å². The number of aryl methyl sites for hydroxylation is 2. The van der Waals surface area contributed by atoms with Crippen molar-refractivity contribution in [2.75, 3.05) is 0 Å². The molecule has 1 amide bonds. The zero-order chi connectivity index (χ0) is 15.9. The molecule has 4 heteroatoms. The van der Waals surface area contributed by atoms with Crippen LogP contribution in [0, 0.1) is 12.8 Å². The number of nitrogens with one attached hydrogen (secondary N) is 1. The van der Waals surface area contributed by atoms with Crippen molar-refractivity contribution in [3.8, 4) is 0 Å². The molecule has 1 atom stereocenters. The highest BCUT2D eigenvalue weighted by molar-refractivity contribution is 5.99. The van der Waals surface area contributed by atoms with E-state index in [0.29, 0.717) is 11.6 Å². The smallest absolute Gasteiger partial charge is 0.268 e. The zero-order valence-electron chi connectivity index (χ0n) is 13.5. The van der Waals surface area contributed by atoms with Crippen molar-refractivity contribution in [1.29, 1.82) is 0 Å². The molecule has 1 aliphatic carbocycles. The van der Waals surface area contributed by atoms with Crippen molar-refractivity contribution in [2.45, 2.75) is 45.3 Å². The minimum Gasteiger partial charge on any atom is -0.393 e.